The first kappa shape index (κ1) is 13.5. The Morgan fingerprint density at radius 3 is 2.95 bits per heavy atom. The minimum atomic E-state index is -0.457. The molecule has 1 saturated heterocycles. The zero-order valence-electron chi connectivity index (χ0n) is 11.2. The molecule has 19 heavy (non-hydrogen) atoms. The van der Waals surface area contributed by atoms with Crippen LogP contribution in [0.3, 0.4) is 0 Å². The highest BCUT2D eigenvalue weighted by atomic mass is 16.6. The number of anilines is 1. The van der Waals surface area contributed by atoms with Gasteiger partial charge in [0, 0.05) is 12.6 Å². The van der Waals surface area contributed by atoms with Crippen LogP contribution in [0, 0.1) is 10.1 Å². The summed E-state index contributed by atoms with van der Waals surface area (Å²) in [7, 11) is 0. The van der Waals surface area contributed by atoms with Gasteiger partial charge in [-0.15, -0.1) is 0 Å². The number of aromatic nitrogens is 2. The first-order valence-electron chi connectivity index (χ1n) is 6.54. The molecule has 1 aromatic rings. The normalized spacial score (nSPS) is 19.3. The van der Waals surface area contributed by atoms with E-state index in [2.05, 4.69) is 16.9 Å². The third-order valence-corrected chi connectivity index (χ3v) is 3.31. The molecule has 0 N–H and O–H groups in total. The van der Waals surface area contributed by atoms with Crippen LogP contribution in [-0.2, 0) is 0 Å². The van der Waals surface area contributed by atoms with E-state index in [1.165, 1.54) is 6.33 Å². The fourth-order valence-electron chi connectivity index (χ4n) is 2.38. The molecule has 0 aliphatic carbocycles. The van der Waals surface area contributed by atoms with Crippen molar-refractivity contribution in [2.75, 3.05) is 18.1 Å². The molecule has 7 nitrogen and oxygen atoms in total. The maximum absolute atomic E-state index is 11.3. The van der Waals surface area contributed by atoms with E-state index in [9.17, 15) is 10.1 Å². The van der Waals surface area contributed by atoms with Gasteiger partial charge in [0.05, 0.1) is 11.5 Å². The average molecular weight is 266 g/mol. The largest absolute Gasteiger partial charge is 0.473 e. The lowest BCUT2D eigenvalue weighted by Gasteiger charge is -2.33. The Kier molecular flexibility index (Phi) is 4.13. The summed E-state index contributed by atoms with van der Waals surface area (Å²) in [6, 6.07) is 0.247. The molecule has 1 aromatic heterocycles. The van der Waals surface area contributed by atoms with Crippen molar-refractivity contribution in [3.63, 3.8) is 0 Å². The van der Waals surface area contributed by atoms with E-state index in [0.717, 1.165) is 25.8 Å². The van der Waals surface area contributed by atoms with Crippen LogP contribution in [0.25, 0.3) is 0 Å². The predicted octanol–water partition coefficient (Wildman–Crippen LogP) is 2.16. The van der Waals surface area contributed by atoms with Crippen molar-refractivity contribution < 1.29 is 9.66 Å². The Morgan fingerprint density at radius 2 is 2.32 bits per heavy atom. The molecule has 2 rings (SSSR count). The minimum Gasteiger partial charge on any atom is -0.473 e. The molecule has 0 aromatic carbocycles. The quantitative estimate of drug-likeness (QED) is 0.613. The summed E-state index contributed by atoms with van der Waals surface area (Å²) < 4.78 is 5.25. The molecule has 0 bridgehead atoms. The topological polar surface area (TPSA) is 81.4 Å². The van der Waals surface area contributed by atoms with Crippen molar-refractivity contribution in [1.82, 2.24) is 9.97 Å². The van der Waals surface area contributed by atoms with Crippen LogP contribution in [0.1, 0.15) is 33.1 Å². The number of nitrogens with zero attached hydrogens (tertiary/aromatic N) is 4. The Morgan fingerprint density at radius 1 is 1.53 bits per heavy atom. The smallest absolute Gasteiger partial charge is 0.372 e. The van der Waals surface area contributed by atoms with Crippen molar-refractivity contribution in [2.24, 2.45) is 0 Å². The van der Waals surface area contributed by atoms with Gasteiger partial charge in [0.2, 0.25) is 5.82 Å². The Hall–Kier alpha value is -1.92. The molecule has 104 valence electrons. The van der Waals surface area contributed by atoms with Gasteiger partial charge in [-0.25, -0.2) is 4.98 Å². The molecule has 1 unspecified atom stereocenters. The third kappa shape index (κ3) is 2.74. The number of ether oxygens (including phenoxy) is 1. The van der Waals surface area contributed by atoms with Crippen LogP contribution in [-0.4, -0.2) is 34.1 Å². The summed E-state index contributed by atoms with van der Waals surface area (Å²) in [6.07, 6.45) is 4.52. The van der Waals surface area contributed by atoms with E-state index < -0.39 is 4.92 Å². The van der Waals surface area contributed by atoms with Gasteiger partial charge in [-0.05, 0) is 33.1 Å². The van der Waals surface area contributed by atoms with Gasteiger partial charge in [0.15, 0.2) is 0 Å². The van der Waals surface area contributed by atoms with E-state index in [1.54, 1.807) is 6.92 Å². The summed E-state index contributed by atoms with van der Waals surface area (Å²) in [4.78, 5) is 20.8. The standard InChI is InChI=1S/C12H18N4O3/c1-3-19-12-10(16(17)18)11(13-8-14-12)15-7-5-4-6-9(15)2/h8-9H,3-7H2,1-2H3. The van der Waals surface area contributed by atoms with Crippen molar-refractivity contribution in [3.05, 3.63) is 16.4 Å². The summed E-state index contributed by atoms with van der Waals surface area (Å²) in [6.45, 7) is 4.96. The minimum absolute atomic E-state index is 0.0512. The molecule has 0 amide bonds. The monoisotopic (exact) mass is 266 g/mol. The maximum Gasteiger partial charge on any atom is 0.372 e. The molecule has 2 heterocycles. The second-order valence-corrected chi connectivity index (χ2v) is 4.58. The Labute approximate surface area is 111 Å². The van der Waals surface area contributed by atoms with Gasteiger partial charge in [0.25, 0.3) is 5.88 Å². The summed E-state index contributed by atoms with van der Waals surface area (Å²) >= 11 is 0. The van der Waals surface area contributed by atoms with Crippen molar-refractivity contribution in [2.45, 2.75) is 39.2 Å². The van der Waals surface area contributed by atoms with Crippen LogP contribution in [0.4, 0.5) is 11.5 Å². The van der Waals surface area contributed by atoms with E-state index in [-0.39, 0.29) is 17.6 Å². The molecule has 1 aliphatic rings. The summed E-state index contributed by atoms with van der Waals surface area (Å²) in [5, 5.41) is 11.3. The van der Waals surface area contributed by atoms with Crippen LogP contribution in [0.2, 0.25) is 0 Å². The van der Waals surface area contributed by atoms with Crippen LogP contribution in [0.5, 0.6) is 5.88 Å². The lowest BCUT2D eigenvalue weighted by atomic mass is 10.0. The lowest BCUT2D eigenvalue weighted by molar-refractivity contribution is -0.385. The first-order valence-corrected chi connectivity index (χ1v) is 6.54. The van der Waals surface area contributed by atoms with E-state index in [0.29, 0.717) is 12.4 Å². The predicted molar refractivity (Wildman–Crippen MR) is 70.5 cm³/mol. The summed E-state index contributed by atoms with van der Waals surface area (Å²) in [5.41, 5.74) is -0.127. The van der Waals surface area contributed by atoms with E-state index in [4.69, 9.17) is 4.74 Å². The molecule has 0 radical (unpaired) electrons. The highest BCUT2D eigenvalue weighted by Crippen LogP contribution is 2.36. The molecule has 1 atom stereocenters. The Balaban J connectivity index is 2.43. The maximum atomic E-state index is 11.3. The summed E-state index contributed by atoms with van der Waals surface area (Å²) in [5.74, 6) is 0.422. The van der Waals surface area contributed by atoms with Gasteiger partial charge >= 0.3 is 5.69 Å². The molecular weight excluding hydrogens is 248 g/mol. The SMILES string of the molecule is CCOc1ncnc(N2CCCCC2C)c1[N+](=O)[O-]. The van der Waals surface area contributed by atoms with E-state index >= 15 is 0 Å². The molecule has 7 heteroatoms. The van der Waals surface area contributed by atoms with Crippen LogP contribution >= 0.6 is 0 Å². The zero-order chi connectivity index (χ0) is 13.8. The van der Waals surface area contributed by atoms with E-state index in [1.807, 2.05) is 4.90 Å². The van der Waals surface area contributed by atoms with Crippen LogP contribution in [0.15, 0.2) is 6.33 Å². The molecule has 0 spiro atoms. The molecule has 1 fully saturated rings. The molecule has 1 aliphatic heterocycles. The van der Waals surface area contributed by atoms with Crippen molar-refractivity contribution in [1.29, 1.82) is 0 Å². The highest BCUT2D eigenvalue weighted by molar-refractivity contribution is 5.63. The van der Waals surface area contributed by atoms with Crippen LogP contribution < -0.4 is 9.64 Å². The van der Waals surface area contributed by atoms with Gasteiger partial charge in [0.1, 0.15) is 6.33 Å². The first-order chi connectivity index (χ1) is 9.15. The van der Waals surface area contributed by atoms with Gasteiger partial charge in [-0.2, -0.15) is 4.98 Å². The lowest BCUT2D eigenvalue weighted by Crippen LogP contribution is -2.38. The zero-order valence-corrected chi connectivity index (χ0v) is 11.2. The fraction of sp³-hybridized carbons (Fsp3) is 0.667. The van der Waals surface area contributed by atoms with Crippen molar-refractivity contribution >= 4 is 11.5 Å². The van der Waals surface area contributed by atoms with Gasteiger partial charge < -0.3 is 9.64 Å². The number of piperidine rings is 1. The fourth-order valence-corrected chi connectivity index (χ4v) is 2.38. The molecule has 0 saturated carbocycles. The second-order valence-electron chi connectivity index (χ2n) is 4.58. The second kappa shape index (κ2) is 5.81. The third-order valence-electron chi connectivity index (χ3n) is 3.31. The van der Waals surface area contributed by atoms with Crippen molar-refractivity contribution in [3.8, 4) is 5.88 Å². The molecular formula is C12H18N4O3. The highest BCUT2D eigenvalue weighted by Gasteiger charge is 2.31. The number of rotatable bonds is 4. The Bertz CT molecular complexity index is 466. The van der Waals surface area contributed by atoms with Gasteiger partial charge in [-0.3, -0.25) is 10.1 Å². The number of hydrogen-bond donors (Lipinski definition) is 0. The number of nitro groups is 1. The average Bonchev–Trinajstić information content (AvgIpc) is 2.39. The van der Waals surface area contributed by atoms with Gasteiger partial charge in [-0.1, -0.05) is 0 Å². The number of hydrogen-bond acceptors (Lipinski definition) is 6.